The molecule has 3 amide bonds. The first-order chi connectivity index (χ1) is 16.9. The fraction of sp³-hybridized carbons (Fsp3) is 0.462. The topological polar surface area (TPSA) is 106 Å². The van der Waals surface area contributed by atoms with E-state index in [-0.39, 0.29) is 30.6 Å². The Bertz CT molecular complexity index is 1060. The maximum absolute atomic E-state index is 13.8. The highest BCUT2D eigenvalue weighted by Gasteiger charge is 2.48. The van der Waals surface area contributed by atoms with Crippen molar-refractivity contribution in [3.63, 3.8) is 0 Å². The summed E-state index contributed by atoms with van der Waals surface area (Å²) in [6.45, 7) is 1.74. The van der Waals surface area contributed by atoms with E-state index >= 15 is 0 Å². The Kier molecular flexibility index (Phi) is 7.53. The predicted octanol–water partition coefficient (Wildman–Crippen LogP) is 3.72. The quantitative estimate of drug-likeness (QED) is 0.417. The molecule has 186 valence electrons. The van der Waals surface area contributed by atoms with Crippen molar-refractivity contribution in [2.75, 3.05) is 12.0 Å². The van der Waals surface area contributed by atoms with Crippen LogP contribution in [0.1, 0.15) is 62.4 Å². The minimum absolute atomic E-state index is 0.00160. The molecule has 35 heavy (non-hydrogen) atoms. The van der Waals surface area contributed by atoms with E-state index in [1.165, 1.54) is 24.3 Å². The predicted molar refractivity (Wildman–Crippen MR) is 126 cm³/mol. The number of anilines is 1. The minimum atomic E-state index is -1.09. The van der Waals surface area contributed by atoms with Crippen LogP contribution in [-0.4, -0.2) is 53.9 Å². The number of nitrogens with zero attached hydrogens (tertiary/aromatic N) is 2. The van der Waals surface area contributed by atoms with E-state index in [4.69, 9.17) is 13.9 Å². The number of ether oxygens (including phenoxy) is 2. The Labute approximate surface area is 204 Å². The summed E-state index contributed by atoms with van der Waals surface area (Å²) in [4.78, 5) is 55.4. The summed E-state index contributed by atoms with van der Waals surface area (Å²) in [5.74, 6) is -1.42. The standard InChI is InChI=1S/C26H30N2O7/c1-3-21(35-26(32)22-10-7-15-34-22)25(31)27(17-8-5-4-6-9-17)20-16-23(29)28(24(20)30)18-11-13-19(33-2)14-12-18/h7,10-15,17,20-21H,3-6,8-9,16H2,1-2H3. The second kappa shape index (κ2) is 10.8. The number of esters is 1. The molecule has 0 bridgehead atoms. The van der Waals surface area contributed by atoms with Gasteiger partial charge in [0.1, 0.15) is 11.8 Å². The summed E-state index contributed by atoms with van der Waals surface area (Å²) in [5, 5.41) is 0. The van der Waals surface area contributed by atoms with Gasteiger partial charge in [0.05, 0.1) is 25.5 Å². The van der Waals surface area contributed by atoms with Crippen LogP contribution in [0, 0.1) is 0 Å². The Morgan fingerprint density at radius 2 is 1.83 bits per heavy atom. The Balaban J connectivity index is 1.60. The van der Waals surface area contributed by atoms with Crippen molar-refractivity contribution >= 4 is 29.4 Å². The molecule has 9 heteroatoms. The van der Waals surface area contributed by atoms with Gasteiger partial charge >= 0.3 is 5.97 Å². The molecule has 1 aliphatic carbocycles. The Morgan fingerprint density at radius 1 is 1.11 bits per heavy atom. The van der Waals surface area contributed by atoms with Gasteiger partial charge in [0.15, 0.2) is 6.10 Å². The average molecular weight is 483 g/mol. The number of furan rings is 1. The van der Waals surface area contributed by atoms with Crippen LogP contribution in [0.25, 0.3) is 0 Å². The molecule has 4 rings (SSSR count). The lowest BCUT2D eigenvalue weighted by molar-refractivity contribution is -0.150. The molecule has 9 nitrogen and oxygen atoms in total. The van der Waals surface area contributed by atoms with Gasteiger partial charge in [-0.3, -0.25) is 14.4 Å². The van der Waals surface area contributed by atoms with E-state index in [2.05, 4.69) is 0 Å². The maximum atomic E-state index is 13.8. The number of carbonyl (C=O) groups excluding carboxylic acids is 4. The number of methoxy groups -OCH3 is 1. The number of benzene rings is 1. The van der Waals surface area contributed by atoms with Crippen LogP contribution < -0.4 is 9.64 Å². The second-order valence-electron chi connectivity index (χ2n) is 8.80. The van der Waals surface area contributed by atoms with E-state index in [1.54, 1.807) is 37.3 Å². The smallest absolute Gasteiger partial charge is 0.374 e. The van der Waals surface area contributed by atoms with Crippen LogP contribution >= 0.6 is 0 Å². The lowest BCUT2D eigenvalue weighted by atomic mass is 9.92. The average Bonchev–Trinajstić information content (AvgIpc) is 3.52. The fourth-order valence-corrected chi connectivity index (χ4v) is 4.84. The molecule has 1 saturated carbocycles. The number of amides is 3. The van der Waals surface area contributed by atoms with Gasteiger partial charge < -0.3 is 18.8 Å². The molecule has 2 aliphatic rings. The molecule has 2 unspecified atom stereocenters. The van der Waals surface area contributed by atoms with Crippen molar-refractivity contribution in [3.8, 4) is 5.75 Å². The third-order valence-corrected chi connectivity index (χ3v) is 6.63. The third-order valence-electron chi connectivity index (χ3n) is 6.63. The SMILES string of the molecule is CCC(OC(=O)c1ccco1)C(=O)N(C1CCCCC1)C1CC(=O)N(c2ccc(OC)cc2)C1=O. The second-order valence-corrected chi connectivity index (χ2v) is 8.80. The van der Waals surface area contributed by atoms with Crippen molar-refractivity contribution in [2.24, 2.45) is 0 Å². The van der Waals surface area contributed by atoms with Crippen molar-refractivity contribution in [1.82, 2.24) is 4.90 Å². The molecule has 2 atom stereocenters. The van der Waals surface area contributed by atoms with Crippen molar-refractivity contribution in [3.05, 3.63) is 48.4 Å². The molecular formula is C26H30N2O7. The number of hydrogen-bond donors (Lipinski definition) is 0. The van der Waals surface area contributed by atoms with Gasteiger partial charge in [-0.2, -0.15) is 0 Å². The van der Waals surface area contributed by atoms with Gasteiger partial charge in [0.25, 0.3) is 11.8 Å². The first-order valence-corrected chi connectivity index (χ1v) is 12.0. The molecule has 2 heterocycles. The molecule has 2 fully saturated rings. The Morgan fingerprint density at radius 3 is 2.43 bits per heavy atom. The summed E-state index contributed by atoms with van der Waals surface area (Å²) < 4.78 is 15.7. The van der Waals surface area contributed by atoms with Gasteiger partial charge in [-0.05, 0) is 55.7 Å². The number of imide groups is 1. The fourth-order valence-electron chi connectivity index (χ4n) is 4.84. The van der Waals surface area contributed by atoms with Gasteiger partial charge in [-0.1, -0.05) is 26.2 Å². The molecular weight excluding hydrogens is 452 g/mol. The molecule has 2 aromatic rings. The zero-order valence-corrected chi connectivity index (χ0v) is 20.0. The van der Waals surface area contributed by atoms with E-state index < -0.39 is 29.9 Å². The van der Waals surface area contributed by atoms with Gasteiger partial charge in [-0.25, -0.2) is 9.69 Å². The van der Waals surface area contributed by atoms with Crippen LogP contribution in [0.4, 0.5) is 5.69 Å². The van der Waals surface area contributed by atoms with Gasteiger partial charge in [0, 0.05) is 6.04 Å². The van der Waals surface area contributed by atoms with Crippen LogP contribution in [0.15, 0.2) is 47.1 Å². The largest absolute Gasteiger partial charge is 0.497 e. The van der Waals surface area contributed by atoms with Crippen LogP contribution in [0.5, 0.6) is 5.75 Å². The summed E-state index contributed by atoms with van der Waals surface area (Å²) in [7, 11) is 1.54. The lowest BCUT2D eigenvalue weighted by Crippen LogP contribution is -2.55. The van der Waals surface area contributed by atoms with Gasteiger partial charge in [0.2, 0.25) is 11.7 Å². The normalized spacial score (nSPS) is 19.5. The van der Waals surface area contributed by atoms with E-state index in [0.29, 0.717) is 11.4 Å². The van der Waals surface area contributed by atoms with Crippen molar-refractivity contribution in [2.45, 2.75) is 70.1 Å². The number of rotatable bonds is 8. The summed E-state index contributed by atoms with van der Waals surface area (Å²) in [5.41, 5.74) is 0.427. The van der Waals surface area contributed by atoms with E-state index in [1.807, 2.05) is 0 Å². The highest BCUT2D eigenvalue weighted by Crippen LogP contribution is 2.32. The molecule has 1 aromatic heterocycles. The zero-order chi connectivity index (χ0) is 24.9. The minimum Gasteiger partial charge on any atom is -0.497 e. The first kappa shape index (κ1) is 24.5. The summed E-state index contributed by atoms with van der Waals surface area (Å²) in [6.07, 6.45) is 4.74. The van der Waals surface area contributed by atoms with Crippen LogP contribution in [-0.2, 0) is 19.1 Å². The number of carbonyl (C=O) groups is 4. The highest BCUT2D eigenvalue weighted by molar-refractivity contribution is 6.23. The summed E-state index contributed by atoms with van der Waals surface area (Å²) >= 11 is 0. The van der Waals surface area contributed by atoms with Gasteiger partial charge in [-0.15, -0.1) is 0 Å². The monoisotopic (exact) mass is 482 g/mol. The molecule has 0 N–H and O–H groups in total. The van der Waals surface area contributed by atoms with Crippen molar-refractivity contribution < 1.29 is 33.1 Å². The molecule has 0 radical (unpaired) electrons. The molecule has 1 aliphatic heterocycles. The van der Waals surface area contributed by atoms with Crippen LogP contribution in [0.3, 0.4) is 0 Å². The van der Waals surface area contributed by atoms with E-state index in [0.717, 1.165) is 37.0 Å². The summed E-state index contributed by atoms with van der Waals surface area (Å²) in [6, 6.07) is 8.51. The highest BCUT2D eigenvalue weighted by atomic mass is 16.6. The Hall–Kier alpha value is -3.62. The first-order valence-electron chi connectivity index (χ1n) is 12.0. The lowest BCUT2D eigenvalue weighted by Gasteiger charge is -2.39. The number of hydrogen-bond acceptors (Lipinski definition) is 7. The molecule has 0 spiro atoms. The van der Waals surface area contributed by atoms with Crippen LogP contribution in [0.2, 0.25) is 0 Å². The van der Waals surface area contributed by atoms with Crippen molar-refractivity contribution in [1.29, 1.82) is 0 Å². The zero-order valence-electron chi connectivity index (χ0n) is 20.0. The molecule has 1 aromatic carbocycles. The third kappa shape index (κ3) is 5.08. The molecule has 1 saturated heterocycles. The van der Waals surface area contributed by atoms with E-state index in [9.17, 15) is 19.2 Å². The maximum Gasteiger partial charge on any atom is 0.374 e.